The van der Waals surface area contributed by atoms with Crippen LogP contribution in [0.15, 0.2) is 23.3 Å². The lowest BCUT2D eigenvalue weighted by molar-refractivity contribution is -0.112. The van der Waals surface area contributed by atoms with E-state index in [1.54, 1.807) is 0 Å². The van der Waals surface area contributed by atoms with Gasteiger partial charge in [-0.1, -0.05) is 77.6 Å². The van der Waals surface area contributed by atoms with Gasteiger partial charge in [0, 0.05) is 0 Å². The Hall–Kier alpha value is -0.630. The van der Waals surface area contributed by atoms with E-state index in [-0.39, 0.29) is 16.3 Å². The van der Waals surface area contributed by atoms with Crippen LogP contribution < -0.4 is 0 Å². The molecular weight excluding hydrogens is 324 g/mol. The Balaban J connectivity index is 2.06. The van der Waals surface area contributed by atoms with E-state index in [0.717, 1.165) is 11.1 Å². The van der Waals surface area contributed by atoms with Crippen LogP contribution in [0.5, 0.6) is 0 Å². The van der Waals surface area contributed by atoms with Crippen LogP contribution in [0, 0.1) is 0 Å². The van der Waals surface area contributed by atoms with Gasteiger partial charge < -0.3 is 0 Å². The SMILES string of the molecule is CCCCCCCCCCCCCCS(C)=C1C=C(C)C(=O)C(C)=C1. The summed E-state index contributed by atoms with van der Waals surface area (Å²) in [5, 5.41) is 0. The van der Waals surface area contributed by atoms with Crippen LogP contribution in [-0.4, -0.2) is 22.7 Å². The summed E-state index contributed by atoms with van der Waals surface area (Å²) in [5.74, 6) is 1.49. The first kappa shape index (κ1) is 22.4. The van der Waals surface area contributed by atoms with Gasteiger partial charge >= 0.3 is 0 Å². The molecule has 0 amide bonds. The third-order valence-corrected chi connectivity index (χ3v) is 7.08. The molecule has 0 heterocycles. The summed E-state index contributed by atoms with van der Waals surface area (Å²) in [4.78, 5) is 13.2. The smallest absolute Gasteiger partial charge is 0.184 e. The van der Waals surface area contributed by atoms with Crippen molar-refractivity contribution in [1.82, 2.24) is 0 Å². The molecule has 1 nitrogen and oxygen atoms in total. The minimum absolute atomic E-state index is 0.214. The van der Waals surface area contributed by atoms with Crippen LogP contribution in [0.25, 0.3) is 0 Å². The van der Waals surface area contributed by atoms with E-state index >= 15 is 0 Å². The highest BCUT2D eigenvalue weighted by Gasteiger charge is 2.13. The molecule has 0 aromatic carbocycles. The normalized spacial score (nSPS) is 16.0. The summed E-state index contributed by atoms with van der Waals surface area (Å²) in [5.41, 5.74) is 1.81. The van der Waals surface area contributed by atoms with Crippen LogP contribution in [0.1, 0.15) is 97.8 Å². The van der Waals surface area contributed by atoms with Gasteiger partial charge in [0.05, 0.1) is 0 Å². The molecule has 25 heavy (non-hydrogen) atoms. The first-order valence-corrected chi connectivity index (χ1v) is 12.3. The van der Waals surface area contributed by atoms with Crippen LogP contribution in [0.2, 0.25) is 0 Å². The molecule has 1 unspecified atom stereocenters. The molecule has 0 radical (unpaired) electrons. The van der Waals surface area contributed by atoms with E-state index in [4.69, 9.17) is 0 Å². The van der Waals surface area contributed by atoms with Gasteiger partial charge in [0.25, 0.3) is 0 Å². The van der Waals surface area contributed by atoms with E-state index in [0.29, 0.717) is 0 Å². The molecule has 144 valence electrons. The summed E-state index contributed by atoms with van der Waals surface area (Å²) in [6, 6.07) is 0. The number of carbonyl (C=O) groups excluding carboxylic acids is 1. The first-order chi connectivity index (χ1) is 12.1. The zero-order valence-electron chi connectivity index (χ0n) is 17.2. The summed E-state index contributed by atoms with van der Waals surface area (Å²) >= 11 is 0. The molecule has 0 aromatic heterocycles. The molecule has 1 atom stereocenters. The number of allylic oxidation sites excluding steroid dienone is 4. The second kappa shape index (κ2) is 13.6. The van der Waals surface area contributed by atoms with Crippen molar-refractivity contribution in [3.05, 3.63) is 23.3 Å². The fourth-order valence-corrected chi connectivity index (χ4v) is 5.02. The first-order valence-electron chi connectivity index (χ1n) is 10.5. The van der Waals surface area contributed by atoms with Crippen LogP contribution in [0.4, 0.5) is 0 Å². The van der Waals surface area contributed by atoms with Crippen molar-refractivity contribution in [2.75, 3.05) is 12.0 Å². The second-order valence-corrected chi connectivity index (χ2v) is 9.77. The summed E-state index contributed by atoms with van der Waals surface area (Å²) in [6.45, 7) is 6.17. The topological polar surface area (TPSA) is 17.1 Å². The summed E-state index contributed by atoms with van der Waals surface area (Å²) in [7, 11) is 0.284. The fourth-order valence-electron chi connectivity index (χ4n) is 3.39. The van der Waals surface area contributed by atoms with Crippen molar-refractivity contribution in [1.29, 1.82) is 0 Å². The van der Waals surface area contributed by atoms with Crippen molar-refractivity contribution in [3.63, 3.8) is 0 Å². The van der Waals surface area contributed by atoms with E-state index in [1.165, 1.54) is 87.7 Å². The number of rotatable bonds is 13. The predicted octanol–water partition coefficient (Wildman–Crippen LogP) is 7.23. The van der Waals surface area contributed by atoms with Crippen LogP contribution >= 0.6 is 10.5 Å². The van der Waals surface area contributed by atoms with Crippen LogP contribution in [0.3, 0.4) is 0 Å². The Labute approximate surface area is 159 Å². The molecule has 1 aliphatic carbocycles. The molecule has 1 aliphatic rings. The van der Waals surface area contributed by atoms with E-state index < -0.39 is 0 Å². The van der Waals surface area contributed by atoms with Gasteiger partial charge in [0.2, 0.25) is 0 Å². The maximum atomic E-state index is 11.8. The van der Waals surface area contributed by atoms with E-state index in [1.807, 2.05) is 13.8 Å². The molecule has 0 fully saturated rings. The molecule has 0 saturated carbocycles. The van der Waals surface area contributed by atoms with Crippen molar-refractivity contribution in [2.24, 2.45) is 0 Å². The van der Waals surface area contributed by atoms with E-state index in [9.17, 15) is 4.79 Å². The molecular formula is C23H40OS. The Morgan fingerprint density at radius 2 is 1.12 bits per heavy atom. The third-order valence-electron chi connectivity index (χ3n) is 5.14. The van der Waals surface area contributed by atoms with Gasteiger partial charge in [-0.2, -0.15) is 10.5 Å². The van der Waals surface area contributed by atoms with Gasteiger partial charge in [-0.05, 0) is 60.4 Å². The zero-order chi connectivity index (χ0) is 18.5. The highest BCUT2D eigenvalue weighted by molar-refractivity contribution is 8.15. The standard InChI is InChI=1S/C23H40OS/c1-5-6-7-8-9-10-11-12-13-14-15-16-17-25(4)22-18-20(2)23(24)21(3)19-22/h18-19H,5-17H2,1-4H3. The maximum Gasteiger partial charge on any atom is 0.184 e. The van der Waals surface area contributed by atoms with Gasteiger partial charge in [0.15, 0.2) is 5.78 Å². The van der Waals surface area contributed by atoms with Gasteiger partial charge in [-0.25, -0.2) is 0 Å². The molecule has 0 spiro atoms. The molecule has 2 heteroatoms. The highest BCUT2D eigenvalue weighted by atomic mass is 32.2. The number of unbranched alkanes of at least 4 members (excludes halogenated alkanes) is 11. The average Bonchev–Trinajstić information content (AvgIpc) is 2.60. The van der Waals surface area contributed by atoms with Gasteiger partial charge in [-0.3, -0.25) is 4.79 Å². The number of hydrogen-bond donors (Lipinski definition) is 0. The average molecular weight is 365 g/mol. The number of ketones is 1. The molecule has 0 saturated heterocycles. The van der Waals surface area contributed by atoms with Crippen molar-refractivity contribution >= 4 is 21.1 Å². The lowest BCUT2D eigenvalue weighted by atomic mass is 9.99. The molecule has 0 aliphatic heterocycles. The summed E-state index contributed by atoms with van der Waals surface area (Å²) in [6.07, 6.45) is 23.4. The van der Waals surface area contributed by atoms with Crippen molar-refractivity contribution in [2.45, 2.75) is 97.8 Å². The summed E-state index contributed by atoms with van der Waals surface area (Å²) < 4.78 is 0. The third kappa shape index (κ3) is 9.58. The Morgan fingerprint density at radius 1 is 0.720 bits per heavy atom. The van der Waals surface area contributed by atoms with Crippen LogP contribution in [-0.2, 0) is 4.79 Å². The minimum atomic E-state index is 0.214. The minimum Gasteiger partial charge on any atom is -0.289 e. The maximum absolute atomic E-state index is 11.8. The second-order valence-electron chi connectivity index (χ2n) is 7.62. The molecule has 0 N–H and O–H groups in total. The number of hydrogen-bond acceptors (Lipinski definition) is 1. The zero-order valence-corrected chi connectivity index (χ0v) is 18.0. The lowest BCUT2D eigenvalue weighted by Crippen LogP contribution is -2.11. The van der Waals surface area contributed by atoms with Crippen molar-refractivity contribution < 1.29 is 4.79 Å². The van der Waals surface area contributed by atoms with Gasteiger partial charge in [-0.15, -0.1) is 0 Å². The fraction of sp³-hybridized carbons (Fsp3) is 0.739. The molecule has 1 rings (SSSR count). The highest BCUT2D eigenvalue weighted by Crippen LogP contribution is 2.22. The monoisotopic (exact) mass is 364 g/mol. The quantitative estimate of drug-likeness (QED) is 0.249. The van der Waals surface area contributed by atoms with Gasteiger partial charge in [0.1, 0.15) is 0 Å². The Morgan fingerprint density at radius 3 is 1.56 bits per heavy atom. The van der Waals surface area contributed by atoms with E-state index in [2.05, 4.69) is 25.3 Å². The Kier molecular flexibility index (Phi) is 12.2. The largest absolute Gasteiger partial charge is 0.289 e. The Bertz CT molecular complexity index is 472. The predicted molar refractivity (Wildman–Crippen MR) is 117 cm³/mol. The number of Topliss-reactive ketones (excluding diaryl/α,β-unsaturated/α-hetero) is 1. The lowest BCUT2D eigenvalue weighted by Gasteiger charge is -2.13. The number of carbonyl (C=O) groups is 1. The van der Waals surface area contributed by atoms with Crippen molar-refractivity contribution in [3.8, 4) is 0 Å². The molecule has 0 aromatic rings. The molecule has 0 bridgehead atoms.